The SMILES string of the molecule is CC1C(N)CCN(c2ccccc2OC(F)F)C1C. The molecule has 1 aliphatic rings. The molecule has 3 nitrogen and oxygen atoms in total. The Morgan fingerprint density at radius 1 is 1.32 bits per heavy atom. The molecule has 2 rings (SSSR count). The molecule has 1 aromatic carbocycles. The highest BCUT2D eigenvalue weighted by Gasteiger charge is 2.31. The number of halogens is 2. The van der Waals surface area contributed by atoms with E-state index in [0.29, 0.717) is 11.6 Å². The summed E-state index contributed by atoms with van der Waals surface area (Å²) < 4.78 is 29.5. The van der Waals surface area contributed by atoms with Gasteiger partial charge in [-0.15, -0.1) is 0 Å². The van der Waals surface area contributed by atoms with Crippen molar-refractivity contribution in [2.45, 2.75) is 39.0 Å². The van der Waals surface area contributed by atoms with E-state index < -0.39 is 6.61 Å². The lowest BCUT2D eigenvalue weighted by atomic mass is 9.87. The Labute approximate surface area is 112 Å². The van der Waals surface area contributed by atoms with Crippen LogP contribution in [0.3, 0.4) is 0 Å². The van der Waals surface area contributed by atoms with Crippen molar-refractivity contribution in [2.75, 3.05) is 11.4 Å². The molecule has 1 heterocycles. The highest BCUT2D eigenvalue weighted by molar-refractivity contribution is 5.59. The molecule has 3 unspecified atom stereocenters. The lowest BCUT2D eigenvalue weighted by Gasteiger charge is -2.43. The van der Waals surface area contributed by atoms with E-state index in [1.54, 1.807) is 12.1 Å². The lowest BCUT2D eigenvalue weighted by Crippen LogP contribution is -2.52. The first-order valence-corrected chi connectivity index (χ1v) is 6.56. The van der Waals surface area contributed by atoms with E-state index in [-0.39, 0.29) is 17.8 Å². The molecule has 1 fully saturated rings. The molecular weight excluding hydrogens is 250 g/mol. The number of nitrogens with two attached hydrogens (primary N) is 1. The van der Waals surface area contributed by atoms with Crippen molar-refractivity contribution in [3.05, 3.63) is 24.3 Å². The number of nitrogens with zero attached hydrogens (tertiary/aromatic N) is 1. The minimum atomic E-state index is -2.80. The van der Waals surface area contributed by atoms with Gasteiger partial charge in [-0.1, -0.05) is 19.1 Å². The van der Waals surface area contributed by atoms with Gasteiger partial charge in [-0.2, -0.15) is 8.78 Å². The summed E-state index contributed by atoms with van der Waals surface area (Å²) in [5, 5.41) is 0. The smallest absolute Gasteiger partial charge is 0.387 e. The molecule has 3 atom stereocenters. The second-order valence-corrected chi connectivity index (χ2v) is 5.09. The third kappa shape index (κ3) is 2.97. The summed E-state index contributed by atoms with van der Waals surface area (Å²) in [6, 6.07) is 7.29. The normalized spacial score (nSPS) is 27.7. The molecule has 1 aromatic rings. The average Bonchev–Trinajstić information content (AvgIpc) is 2.37. The van der Waals surface area contributed by atoms with Crippen molar-refractivity contribution in [3.63, 3.8) is 0 Å². The lowest BCUT2D eigenvalue weighted by molar-refractivity contribution is -0.0496. The summed E-state index contributed by atoms with van der Waals surface area (Å²) in [5.41, 5.74) is 6.77. The fourth-order valence-corrected chi connectivity index (χ4v) is 2.63. The zero-order chi connectivity index (χ0) is 14.0. The molecule has 1 aliphatic heterocycles. The molecule has 0 aromatic heterocycles. The largest absolute Gasteiger partial charge is 0.433 e. The minimum absolute atomic E-state index is 0.162. The number of piperidine rings is 1. The molecule has 0 saturated carbocycles. The van der Waals surface area contributed by atoms with Crippen molar-refractivity contribution < 1.29 is 13.5 Å². The Morgan fingerprint density at radius 2 is 2.00 bits per heavy atom. The Bertz CT molecular complexity index is 428. The molecule has 2 N–H and O–H groups in total. The van der Waals surface area contributed by atoms with Crippen LogP contribution in [-0.2, 0) is 0 Å². The van der Waals surface area contributed by atoms with Crippen LogP contribution in [0.25, 0.3) is 0 Å². The standard InChI is InChI=1S/C14H20F2N2O/c1-9-10(2)18(8-7-11(9)17)12-5-3-4-6-13(12)19-14(15)16/h3-6,9-11,14H,7-8,17H2,1-2H3. The first-order valence-electron chi connectivity index (χ1n) is 6.56. The van der Waals surface area contributed by atoms with Gasteiger partial charge in [0, 0.05) is 18.6 Å². The van der Waals surface area contributed by atoms with E-state index in [0.717, 1.165) is 13.0 Å². The second-order valence-electron chi connectivity index (χ2n) is 5.09. The number of alkyl halides is 2. The van der Waals surface area contributed by atoms with Crippen LogP contribution < -0.4 is 15.4 Å². The van der Waals surface area contributed by atoms with Gasteiger partial charge in [-0.05, 0) is 31.4 Å². The van der Waals surface area contributed by atoms with Gasteiger partial charge >= 0.3 is 6.61 Å². The van der Waals surface area contributed by atoms with Crippen molar-refractivity contribution in [1.82, 2.24) is 0 Å². The van der Waals surface area contributed by atoms with Crippen molar-refractivity contribution >= 4 is 5.69 Å². The second kappa shape index (κ2) is 5.74. The zero-order valence-electron chi connectivity index (χ0n) is 11.2. The van der Waals surface area contributed by atoms with Gasteiger partial charge in [0.1, 0.15) is 5.75 Å². The van der Waals surface area contributed by atoms with Gasteiger partial charge in [0.15, 0.2) is 0 Å². The van der Waals surface area contributed by atoms with Crippen LogP contribution in [0.4, 0.5) is 14.5 Å². The number of anilines is 1. The molecule has 0 bridgehead atoms. The van der Waals surface area contributed by atoms with Gasteiger partial charge < -0.3 is 15.4 Å². The maximum Gasteiger partial charge on any atom is 0.387 e. The quantitative estimate of drug-likeness (QED) is 0.918. The average molecular weight is 270 g/mol. The molecular formula is C14H20F2N2O. The van der Waals surface area contributed by atoms with Crippen LogP contribution in [0.2, 0.25) is 0 Å². The predicted molar refractivity (Wildman–Crippen MR) is 71.6 cm³/mol. The van der Waals surface area contributed by atoms with E-state index in [2.05, 4.69) is 23.5 Å². The van der Waals surface area contributed by atoms with E-state index in [9.17, 15) is 8.78 Å². The van der Waals surface area contributed by atoms with E-state index in [1.165, 1.54) is 0 Å². The van der Waals surface area contributed by atoms with Crippen LogP contribution in [0.5, 0.6) is 5.75 Å². The summed E-state index contributed by atoms with van der Waals surface area (Å²) in [7, 11) is 0. The molecule has 0 spiro atoms. The number of para-hydroxylation sites is 2. The van der Waals surface area contributed by atoms with Gasteiger partial charge in [0.05, 0.1) is 5.69 Å². The van der Waals surface area contributed by atoms with Crippen molar-refractivity contribution in [2.24, 2.45) is 11.7 Å². The Balaban J connectivity index is 2.26. The van der Waals surface area contributed by atoms with Crippen LogP contribution in [0.1, 0.15) is 20.3 Å². The summed E-state index contributed by atoms with van der Waals surface area (Å²) in [4.78, 5) is 2.10. The molecule has 0 amide bonds. The summed E-state index contributed by atoms with van der Waals surface area (Å²) in [6.07, 6.45) is 0.856. The van der Waals surface area contributed by atoms with E-state index >= 15 is 0 Å². The van der Waals surface area contributed by atoms with Gasteiger partial charge in [0.2, 0.25) is 0 Å². The number of hydrogen-bond donors (Lipinski definition) is 1. The van der Waals surface area contributed by atoms with Crippen LogP contribution >= 0.6 is 0 Å². The molecule has 106 valence electrons. The minimum Gasteiger partial charge on any atom is -0.433 e. The van der Waals surface area contributed by atoms with Gasteiger partial charge in [0.25, 0.3) is 0 Å². The predicted octanol–water partition coefficient (Wildman–Crippen LogP) is 2.85. The van der Waals surface area contributed by atoms with E-state index in [4.69, 9.17) is 5.73 Å². The first-order chi connectivity index (χ1) is 9.00. The maximum atomic E-state index is 12.4. The fourth-order valence-electron chi connectivity index (χ4n) is 2.63. The highest BCUT2D eigenvalue weighted by atomic mass is 19.3. The summed E-state index contributed by atoms with van der Waals surface area (Å²) in [6.45, 7) is 2.12. The highest BCUT2D eigenvalue weighted by Crippen LogP contribution is 2.35. The topological polar surface area (TPSA) is 38.5 Å². The van der Waals surface area contributed by atoms with Crippen molar-refractivity contribution in [3.8, 4) is 5.75 Å². The monoisotopic (exact) mass is 270 g/mol. The first kappa shape index (κ1) is 14.1. The van der Waals surface area contributed by atoms with E-state index in [1.807, 2.05) is 12.1 Å². The Hall–Kier alpha value is -1.36. The Kier molecular flexibility index (Phi) is 4.24. The Morgan fingerprint density at radius 3 is 2.68 bits per heavy atom. The third-order valence-corrected chi connectivity index (χ3v) is 4.02. The maximum absolute atomic E-state index is 12.4. The molecule has 1 saturated heterocycles. The van der Waals surface area contributed by atoms with Gasteiger partial charge in [-0.25, -0.2) is 0 Å². The zero-order valence-corrected chi connectivity index (χ0v) is 11.2. The number of ether oxygens (including phenoxy) is 1. The molecule has 0 aliphatic carbocycles. The molecule has 5 heteroatoms. The van der Waals surface area contributed by atoms with Crippen LogP contribution in [0.15, 0.2) is 24.3 Å². The summed E-state index contributed by atoms with van der Waals surface area (Å²) in [5.74, 6) is 0.542. The van der Waals surface area contributed by atoms with Crippen LogP contribution in [0, 0.1) is 5.92 Å². The number of benzene rings is 1. The summed E-state index contributed by atoms with van der Waals surface area (Å²) >= 11 is 0. The molecule has 0 radical (unpaired) electrons. The molecule has 19 heavy (non-hydrogen) atoms. The van der Waals surface area contributed by atoms with Crippen LogP contribution in [-0.4, -0.2) is 25.2 Å². The fraction of sp³-hybridized carbons (Fsp3) is 0.571. The van der Waals surface area contributed by atoms with Crippen molar-refractivity contribution in [1.29, 1.82) is 0 Å². The third-order valence-electron chi connectivity index (χ3n) is 4.02. The number of hydrogen-bond acceptors (Lipinski definition) is 3. The van der Waals surface area contributed by atoms with Gasteiger partial charge in [-0.3, -0.25) is 0 Å². The number of rotatable bonds is 3.